The monoisotopic (exact) mass is 303 g/mol. The van der Waals surface area contributed by atoms with Crippen LogP contribution in [0.15, 0.2) is 18.2 Å². The van der Waals surface area contributed by atoms with Crippen LogP contribution in [0.25, 0.3) is 0 Å². The Hall–Kier alpha value is -1.01. The molecule has 0 amide bonds. The summed E-state index contributed by atoms with van der Waals surface area (Å²) in [7, 11) is -2.98. The van der Waals surface area contributed by atoms with Crippen LogP contribution in [0.1, 0.15) is 18.4 Å². The van der Waals surface area contributed by atoms with E-state index in [0.29, 0.717) is 18.7 Å². The van der Waals surface area contributed by atoms with Gasteiger partial charge in [0.1, 0.15) is 21.5 Å². The minimum Gasteiger partial charge on any atom is -0.299 e. The van der Waals surface area contributed by atoms with Crippen LogP contribution in [0.3, 0.4) is 0 Å². The Bertz CT molecular complexity index is 554. The summed E-state index contributed by atoms with van der Waals surface area (Å²) in [5, 5.41) is 0. The molecule has 3 nitrogen and oxygen atoms in total. The fraction of sp³-hybridized carbons (Fsp3) is 0.571. The van der Waals surface area contributed by atoms with Crippen LogP contribution in [-0.2, 0) is 16.4 Å². The van der Waals surface area contributed by atoms with Gasteiger partial charge in [-0.2, -0.15) is 0 Å². The van der Waals surface area contributed by atoms with Crippen LogP contribution >= 0.6 is 0 Å². The third kappa shape index (κ3) is 4.83. The first-order chi connectivity index (χ1) is 9.32. The van der Waals surface area contributed by atoms with Crippen molar-refractivity contribution < 1.29 is 17.2 Å². The van der Waals surface area contributed by atoms with Crippen molar-refractivity contribution >= 4 is 9.84 Å². The van der Waals surface area contributed by atoms with Gasteiger partial charge in [-0.1, -0.05) is 0 Å². The highest BCUT2D eigenvalue weighted by Crippen LogP contribution is 2.20. The minimum atomic E-state index is -2.98. The minimum absolute atomic E-state index is 0.108. The predicted octanol–water partition coefficient (Wildman–Crippen LogP) is 2.22. The molecule has 1 aromatic rings. The molecule has 1 heterocycles. The highest BCUT2D eigenvalue weighted by Gasteiger charge is 2.23. The summed E-state index contributed by atoms with van der Waals surface area (Å²) in [6, 6.07) is 3.50. The second kappa shape index (κ2) is 6.18. The number of sulfone groups is 1. The molecule has 0 aliphatic carbocycles. The van der Waals surface area contributed by atoms with Gasteiger partial charge in [0.25, 0.3) is 0 Å². The zero-order chi connectivity index (χ0) is 14.8. The number of benzene rings is 1. The second-order valence-corrected chi connectivity index (χ2v) is 7.80. The van der Waals surface area contributed by atoms with Gasteiger partial charge in [-0.05, 0) is 43.0 Å². The van der Waals surface area contributed by atoms with Gasteiger partial charge in [-0.3, -0.25) is 4.90 Å². The van der Waals surface area contributed by atoms with Crippen LogP contribution in [-0.4, -0.2) is 38.4 Å². The Morgan fingerprint density at radius 3 is 2.50 bits per heavy atom. The average molecular weight is 303 g/mol. The van der Waals surface area contributed by atoms with Crippen molar-refractivity contribution in [3.05, 3.63) is 35.4 Å². The molecule has 0 bridgehead atoms. The Morgan fingerprint density at radius 2 is 1.90 bits per heavy atom. The maximum absolute atomic E-state index is 13.1. The van der Waals surface area contributed by atoms with E-state index >= 15 is 0 Å². The molecule has 0 N–H and O–H groups in total. The number of piperidine rings is 1. The summed E-state index contributed by atoms with van der Waals surface area (Å²) >= 11 is 0. The Kier molecular flexibility index (Phi) is 4.75. The number of rotatable bonds is 4. The van der Waals surface area contributed by atoms with Crippen molar-refractivity contribution in [2.24, 2.45) is 5.92 Å². The lowest BCUT2D eigenvalue weighted by atomic mass is 9.99. The van der Waals surface area contributed by atoms with E-state index in [2.05, 4.69) is 4.90 Å². The number of hydrogen-bond acceptors (Lipinski definition) is 3. The van der Waals surface area contributed by atoms with E-state index in [-0.39, 0.29) is 11.7 Å². The van der Waals surface area contributed by atoms with Gasteiger partial charge in [0.2, 0.25) is 0 Å². The summed E-state index contributed by atoms with van der Waals surface area (Å²) in [5.41, 5.74) is 0.586. The Labute approximate surface area is 118 Å². The number of hydrogen-bond donors (Lipinski definition) is 0. The highest BCUT2D eigenvalue weighted by molar-refractivity contribution is 7.90. The van der Waals surface area contributed by atoms with Gasteiger partial charge in [-0.15, -0.1) is 0 Å². The molecule has 1 saturated heterocycles. The maximum Gasteiger partial charge on any atom is 0.147 e. The van der Waals surface area contributed by atoms with Crippen molar-refractivity contribution in [3.63, 3.8) is 0 Å². The van der Waals surface area contributed by atoms with Crippen LogP contribution in [0.2, 0.25) is 0 Å². The highest BCUT2D eigenvalue weighted by atomic mass is 32.2. The van der Waals surface area contributed by atoms with E-state index in [1.165, 1.54) is 18.4 Å². The third-order valence-corrected chi connectivity index (χ3v) is 4.55. The number of halogens is 2. The largest absolute Gasteiger partial charge is 0.299 e. The number of likely N-dealkylation sites (tertiary alicyclic amines) is 1. The summed E-state index contributed by atoms with van der Waals surface area (Å²) in [6.07, 6.45) is 3.05. The van der Waals surface area contributed by atoms with Gasteiger partial charge >= 0.3 is 0 Å². The van der Waals surface area contributed by atoms with Crippen molar-refractivity contribution in [3.8, 4) is 0 Å². The molecule has 1 unspecified atom stereocenters. The van der Waals surface area contributed by atoms with E-state index in [4.69, 9.17) is 0 Å². The molecule has 2 rings (SSSR count). The molecule has 0 radical (unpaired) electrons. The predicted molar refractivity (Wildman–Crippen MR) is 74.1 cm³/mol. The average Bonchev–Trinajstić information content (AvgIpc) is 2.25. The quantitative estimate of drug-likeness (QED) is 0.856. The smallest absolute Gasteiger partial charge is 0.147 e. The number of nitrogens with zero attached hydrogens (tertiary/aromatic N) is 1. The molecule has 0 spiro atoms. The van der Waals surface area contributed by atoms with Gasteiger partial charge in [0.15, 0.2) is 0 Å². The van der Waals surface area contributed by atoms with Gasteiger partial charge in [-0.25, -0.2) is 17.2 Å². The zero-order valence-electron chi connectivity index (χ0n) is 11.5. The molecule has 112 valence electrons. The van der Waals surface area contributed by atoms with Gasteiger partial charge < -0.3 is 0 Å². The van der Waals surface area contributed by atoms with Crippen LogP contribution in [0, 0.1) is 17.6 Å². The fourth-order valence-electron chi connectivity index (χ4n) is 2.82. The van der Waals surface area contributed by atoms with Gasteiger partial charge in [0.05, 0.1) is 5.75 Å². The standard InChI is InChI=1S/C14H19F2NO2S/c1-20(18,19)10-11-3-2-4-17(8-11)9-12-5-13(15)7-14(16)6-12/h5-7,11H,2-4,8-10H2,1H3. The van der Waals surface area contributed by atoms with E-state index in [1.807, 2.05) is 0 Å². The van der Waals surface area contributed by atoms with Crippen molar-refractivity contribution in [2.75, 3.05) is 25.1 Å². The molecule has 0 aromatic heterocycles. The van der Waals surface area contributed by atoms with Crippen molar-refractivity contribution in [1.29, 1.82) is 0 Å². The van der Waals surface area contributed by atoms with Crippen LogP contribution < -0.4 is 0 Å². The summed E-state index contributed by atoms with van der Waals surface area (Å²) in [4.78, 5) is 2.06. The normalized spacial score (nSPS) is 21.1. The van der Waals surface area contributed by atoms with Crippen molar-refractivity contribution in [1.82, 2.24) is 4.90 Å². The fourth-order valence-corrected chi connectivity index (χ4v) is 3.95. The van der Waals surface area contributed by atoms with E-state index in [1.54, 1.807) is 0 Å². The second-order valence-electron chi connectivity index (χ2n) is 5.61. The summed E-state index contributed by atoms with van der Waals surface area (Å²) in [6.45, 7) is 1.94. The van der Waals surface area contributed by atoms with E-state index in [0.717, 1.165) is 25.5 Å². The third-order valence-electron chi connectivity index (χ3n) is 3.47. The van der Waals surface area contributed by atoms with Gasteiger partial charge in [0, 0.05) is 25.4 Å². The lowest BCUT2D eigenvalue weighted by Crippen LogP contribution is -2.37. The van der Waals surface area contributed by atoms with E-state index < -0.39 is 21.5 Å². The van der Waals surface area contributed by atoms with Crippen molar-refractivity contribution in [2.45, 2.75) is 19.4 Å². The Morgan fingerprint density at radius 1 is 1.25 bits per heavy atom. The molecule has 1 fully saturated rings. The molecule has 6 heteroatoms. The summed E-state index contributed by atoms with van der Waals surface area (Å²) < 4.78 is 49.0. The first kappa shape index (κ1) is 15.4. The summed E-state index contributed by atoms with van der Waals surface area (Å²) in [5.74, 6) is -0.868. The molecule has 1 aromatic carbocycles. The molecule has 1 aliphatic rings. The molecule has 20 heavy (non-hydrogen) atoms. The van der Waals surface area contributed by atoms with Crippen LogP contribution in [0.5, 0.6) is 0 Å². The maximum atomic E-state index is 13.1. The topological polar surface area (TPSA) is 37.4 Å². The first-order valence-corrected chi connectivity index (χ1v) is 8.73. The lowest BCUT2D eigenvalue weighted by molar-refractivity contribution is 0.177. The molecule has 0 saturated carbocycles. The zero-order valence-corrected chi connectivity index (χ0v) is 12.3. The molecule has 1 atom stereocenters. The lowest BCUT2D eigenvalue weighted by Gasteiger charge is -2.32. The first-order valence-electron chi connectivity index (χ1n) is 6.67. The Balaban J connectivity index is 1.99. The molecule has 1 aliphatic heterocycles. The van der Waals surface area contributed by atoms with Crippen LogP contribution in [0.4, 0.5) is 8.78 Å². The SMILES string of the molecule is CS(=O)(=O)CC1CCCN(Cc2cc(F)cc(F)c2)C1. The van der Waals surface area contributed by atoms with E-state index in [9.17, 15) is 17.2 Å². The molecular weight excluding hydrogens is 284 g/mol. The molecular formula is C14H19F2NO2S.